The van der Waals surface area contributed by atoms with Crippen LogP contribution < -0.4 is 10.6 Å². The summed E-state index contributed by atoms with van der Waals surface area (Å²) < 4.78 is 23.2. The van der Waals surface area contributed by atoms with Gasteiger partial charge in [-0.25, -0.2) is 0 Å². The van der Waals surface area contributed by atoms with Gasteiger partial charge < -0.3 is 34.7 Å². The highest BCUT2D eigenvalue weighted by molar-refractivity contribution is 5.87. The van der Waals surface area contributed by atoms with E-state index in [4.69, 9.17) is 18.9 Å². The van der Waals surface area contributed by atoms with E-state index in [-0.39, 0.29) is 47.9 Å². The normalized spacial score (nSPS) is 31.6. The number of aliphatic hydroxyl groups is 1. The second kappa shape index (κ2) is 18.6. The van der Waals surface area contributed by atoms with Crippen molar-refractivity contribution in [3.8, 4) is 0 Å². The Balaban J connectivity index is 1.44. The van der Waals surface area contributed by atoms with Gasteiger partial charge in [0.25, 0.3) is 0 Å². The number of amides is 2. The van der Waals surface area contributed by atoms with Crippen LogP contribution in [0, 0.1) is 5.92 Å². The molecule has 9 atom stereocenters. The summed E-state index contributed by atoms with van der Waals surface area (Å²) in [7, 11) is 1.64. The fourth-order valence-electron chi connectivity index (χ4n) is 6.33. The third kappa shape index (κ3) is 12.9. The summed E-state index contributed by atoms with van der Waals surface area (Å²) >= 11 is 0. The van der Waals surface area contributed by atoms with Gasteiger partial charge in [-0.3, -0.25) is 19.2 Å². The second-order valence-electron chi connectivity index (χ2n) is 13.5. The van der Waals surface area contributed by atoms with Crippen molar-refractivity contribution in [3.63, 3.8) is 0 Å². The number of carbonyl (C=O) groups excluding carboxylic acids is 4. The van der Waals surface area contributed by atoms with Crippen LogP contribution in [0.3, 0.4) is 0 Å². The minimum absolute atomic E-state index is 0.00748. The molecular weight excluding hydrogens is 604 g/mol. The zero-order valence-corrected chi connectivity index (χ0v) is 29.0. The van der Waals surface area contributed by atoms with Gasteiger partial charge in [0.1, 0.15) is 29.7 Å². The first kappa shape index (κ1) is 38.6. The van der Waals surface area contributed by atoms with Gasteiger partial charge in [0.15, 0.2) is 0 Å². The maximum Gasteiger partial charge on any atom is 0.303 e. The molecule has 3 aliphatic heterocycles. The molecule has 0 aromatic heterocycles. The van der Waals surface area contributed by atoms with Crippen LogP contribution in [-0.2, 0) is 38.1 Å². The van der Waals surface area contributed by atoms with Gasteiger partial charge in [0.05, 0.1) is 31.0 Å². The zero-order chi connectivity index (χ0) is 34.6. The van der Waals surface area contributed by atoms with Crippen molar-refractivity contribution < 1.29 is 43.2 Å². The van der Waals surface area contributed by atoms with E-state index in [1.54, 1.807) is 20.0 Å². The molecule has 3 fully saturated rings. The Hall–Kier alpha value is -2.86. The van der Waals surface area contributed by atoms with Gasteiger partial charge in [-0.15, -0.1) is 0 Å². The smallest absolute Gasteiger partial charge is 0.303 e. The predicted octanol–water partition coefficient (Wildman–Crippen LogP) is 4.02. The lowest BCUT2D eigenvalue weighted by Gasteiger charge is -2.39. The summed E-state index contributed by atoms with van der Waals surface area (Å²) in [5.41, 5.74) is 0.367. The van der Waals surface area contributed by atoms with Gasteiger partial charge in [-0.1, -0.05) is 43.6 Å². The summed E-state index contributed by atoms with van der Waals surface area (Å²) in [5, 5.41) is 16.6. The first-order valence-corrected chi connectivity index (χ1v) is 17.2. The van der Waals surface area contributed by atoms with Crippen molar-refractivity contribution in [1.82, 2.24) is 10.6 Å². The Morgan fingerprint density at radius 3 is 2.40 bits per heavy atom. The van der Waals surface area contributed by atoms with Crippen molar-refractivity contribution in [2.75, 3.05) is 13.7 Å². The van der Waals surface area contributed by atoms with Crippen LogP contribution in [0.4, 0.5) is 0 Å². The number of ether oxygens (including phenoxy) is 4. The van der Waals surface area contributed by atoms with Crippen LogP contribution in [0.1, 0.15) is 98.8 Å². The Labute approximate surface area is 279 Å². The van der Waals surface area contributed by atoms with Crippen LogP contribution in [0.5, 0.6) is 0 Å². The van der Waals surface area contributed by atoms with E-state index < -0.39 is 29.9 Å². The number of hydrogen-bond acceptors (Lipinski definition) is 9. The largest absolute Gasteiger partial charge is 0.459 e. The van der Waals surface area contributed by atoms with Crippen molar-refractivity contribution >= 4 is 23.6 Å². The lowest BCUT2D eigenvalue weighted by Crippen LogP contribution is -2.50. The minimum atomic E-state index is -0.798. The first-order chi connectivity index (χ1) is 22.3. The molecule has 1 spiro atoms. The number of hydrogen-bond donors (Lipinski definition) is 3. The van der Waals surface area contributed by atoms with Gasteiger partial charge in [-0.2, -0.15) is 0 Å². The monoisotopic (exact) mass is 660 g/mol. The van der Waals surface area contributed by atoms with Crippen LogP contribution in [0.25, 0.3) is 0 Å². The topological polar surface area (TPSA) is 153 Å². The Morgan fingerprint density at radius 2 is 1.74 bits per heavy atom. The molecule has 0 aromatic rings. The lowest BCUT2D eigenvalue weighted by molar-refractivity contribution is -0.144. The Morgan fingerprint density at radius 1 is 1.04 bits per heavy atom. The van der Waals surface area contributed by atoms with E-state index in [0.717, 1.165) is 37.7 Å². The van der Waals surface area contributed by atoms with Crippen LogP contribution in [0.15, 0.2) is 36.0 Å². The van der Waals surface area contributed by atoms with Crippen LogP contribution in [0.2, 0.25) is 0 Å². The second-order valence-corrected chi connectivity index (χ2v) is 13.5. The maximum atomic E-state index is 12.7. The molecule has 0 bridgehead atoms. The first-order valence-electron chi connectivity index (χ1n) is 17.2. The minimum Gasteiger partial charge on any atom is -0.459 e. The number of allylic oxidation sites excluding steroid dienone is 2. The van der Waals surface area contributed by atoms with E-state index in [9.17, 15) is 24.3 Å². The number of ketones is 1. The van der Waals surface area contributed by atoms with Gasteiger partial charge in [0.2, 0.25) is 11.8 Å². The number of unbranched alkanes of at least 4 members (excludes halogenated alkanes) is 3. The highest BCUT2D eigenvalue weighted by Crippen LogP contribution is 2.43. The fourth-order valence-corrected chi connectivity index (χ4v) is 6.33. The zero-order valence-electron chi connectivity index (χ0n) is 29.0. The molecule has 3 heterocycles. The summed E-state index contributed by atoms with van der Waals surface area (Å²) in [6.07, 6.45) is 13.3. The van der Waals surface area contributed by atoms with Crippen molar-refractivity contribution in [1.29, 1.82) is 0 Å². The van der Waals surface area contributed by atoms with Crippen molar-refractivity contribution in [2.45, 2.75) is 147 Å². The number of aliphatic hydroxyl groups excluding tert-OH is 1. The molecule has 0 saturated carbocycles. The van der Waals surface area contributed by atoms with E-state index in [1.807, 2.05) is 26.0 Å². The molecule has 3 N–H and O–H groups in total. The molecule has 2 amide bonds. The molecule has 0 aromatic carbocycles. The lowest BCUT2D eigenvalue weighted by atomic mass is 9.86. The van der Waals surface area contributed by atoms with Gasteiger partial charge >= 0.3 is 5.97 Å². The fraction of sp³-hybridized carbons (Fsp3) is 0.722. The maximum absolute atomic E-state index is 12.7. The van der Waals surface area contributed by atoms with Crippen LogP contribution >= 0.6 is 0 Å². The van der Waals surface area contributed by atoms with Gasteiger partial charge in [0, 0.05) is 45.7 Å². The molecule has 0 radical (unpaired) electrons. The molecule has 3 saturated heterocycles. The quantitative estimate of drug-likeness (QED) is 0.0691. The third-order valence-electron chi connectivity index (χ3n) is 9.27. The average molecular weight is 661 g/mol. The average Bonchev–Trinajstić information content (AvgIpc) is 3.79. The molecule has 0 unspecified atom stereocenters. The molecule has 0 aliphatic carbocycles. The Bertz CT molecular complexity index is 1160. The standard InChI is InChI=1S/C36H56N2O9/c1-23(13-16-31-24(2)19-30(26(4)46-31)38-34(42)18-15-25(3)45-27(5)39)14-17-32-35(43)36(22-44-36)21-29(47-32)20-28(40)11-9-7-8-10-12-33(41)37-6/h13-15,17-18,24-26,29-32,35,43H,7-12,16,19-22H2,1-6H3,(H,37,41)(H,38,42)/b17-14+,18-15-,23-13+/t24-,25-,26+,29+,30+,31-,32+,35+,36+/m0/s1. The molecule has 3 rings (SSSR count). The molecule has 47 heavy (non-hydrogen) atoms. The van der Waals surface area contributed by atoms with E-state index in [2.05, 4.69) is 23.6 Å². The SMILES string of the molecule is CNC(=O)CCCCCCC(=O)C[C@@H]1C[C@@]2(CO2)[C@H](O)[C@@H](/C=C/C(C)=C/C[C@@H]2O[C@H](C)[C@H](NC(=O)/C=C\[C@H](C)OC(C)=O)C[C@@H]2C)O1. The van der Waals surface area contributed by atoms with Crippen LogP contribution in [-0.4, -0.2) is 90.6 Å². The summed E-state index contributed by atoms with van der Waals surface area (Å²) in [5.74, 6) is -0.243. The summed E-state index contributed by atoms with van der Waals surface area (Å²) in [6, 6.07) is -0.130. The van der Waals surface area contributed by atoms with Gasteiger partial charge in [-0.05, 0) is 58.4 Å². The predicted molar refractivity (Wildman–Crippen MR) is 177 cm³/mol. The summed E-state index contributed by atoms with van der Waals surface area (Å²) in [6.45, 7) is 9.56. The van der Waals surface area contributed by atoms with E-state index in [0.29, 0.717) is 38.7 Å². The summed E-state index contributed by atoms with van der Waals surface area (Å²) in [4.78, 5) is 47.5. The number of esters is 1. The number of nitrogens with one attached hydrogen (secondary N) is 2. The molecule has 11 nitrogen and oxygen atoms in total. The molecule has 11 heteroatoms. The Kier molecular flexibility index (Phi) is 15.3. The van der Waals surface area contributed by atoms with E-state index >= 15 is 0 Å². The molecular formula is C36H56N2O9. The highest BCUT2D eigenvalue weighted by Gasteiger charge is 2.58. The number of Topliss-reactive ketones (excluding diaryl/α,β-unsaturated/α-hetero) is 1. The highest BCUT2D eigenvalue weighted by atomic mass is 16.6. The third-order valence-corrected chi connectivity index (χ3v) is 9.27. The number of rotatable bonds is 17. The van der Waals surface area contributed by atoms with E-state index in [1.165, 1.54) is 13.0 Å². The molecule has 264 valence electrons. The number of epoxide rings is 1. The number of carbonyl (C=O) groups is 4. The van der Waals surface area contributed by atoms with Crippen molar-refractivity contribution in [2.24, 2.45) is 5.92 Å². The van der Waals surface area contributed by atoms with Crippen molar-refractivity contribution in [3.05, 3.63) is 36.0 Å². The molecule has 3 aliphatic rings.